The maximum Gasteiger partial charge on any atom is 0.227 e. The van der Waals surface area contributed by atoms with Gasteiger partial charge < -0.3 is 20.4 Å². The van der Waals surface area contributed by atoms with Gasteiger partial charge in [0.1, 0.15) is 17.4 Å². The molecule has 3 heterocycles. The van der Waals surface area contributed by atoms with Gasteiger partial charge in [-0.2, -0.15) is 0 Å². The molecule has 0 atom stereocenters. The summed E-state index contributed by atoms with van der Waals surface area (Å²) in [5.41, 5.74) is 3.86. The smallest absolute Gasteiger partial charge is 0.227 e. The molecule has 7 nitrogen and oxygen atoms in total. The molecule has 168 valence electrons. The number of H-pyrrole nitrogens is 1. The number of para-hydroxylation sites is 2. The molecule has 1 aliphatic rings. The van der Waals surface area contributed by atoms with E-state index >= 15 is 0 Å². The molecule has 0 bridgehead atoms. The number of nitrogens with one attached hydrogen (secondary N) is 3. The fourth-order valence-corrected chi connectivity index (χ4v) is 4.11. The molecule has 0 amide bonds. The van der Waals surface area contributed by atoms with Crippen LogP contribution in [0, 0.1) is 5.82 Å². The van der Waals surface area contributed by atoms with Gasteiger partial charge in [0, 0.05) is 17.7 Å². The van der Waals surface area contributed by atoms with Crippen molar-refractivity contribution in [1.82, 2.24) is 25.3 Å². The van der Waals surface area contributed by atoms with Crippen LogP contribution in [0.2, 0.25) is 0 Å². The number of rotatable bonds is 6. The van der Waals surface area contributed by atoms with E-state index in [2.05, 4.69) is 20.6 Å². The highest BCUT2D eigenvalue weighted by molar-refractivity contribution is 5.77. The Bertz CT molecular complexity index is 1230. The van der Waals surface area contributed by atoms with Crippen LogP contribution in [0.4, 0.5) is 16.0 Å². The molecule has 3 N–H and O–H groups in total. The molecule has 0 unspecified atom stereocenters. The lowest BCUT2D eigenvalue weighted by Gasteiger charge is -2.20. The average molecular weight is 445 g/mol. The van der Waals surface area contributed by atoms with Crippen LogP contribution in [-0.4, -0.2) is 40.1 Å². The Kier molecular flexibility index (Phi) is 5.99. The monoisotopic (exact) mass is 444 g/mol. The van der Waals surface area contributed by atoms with Gasteiger partial charge in [-0.25, -0.2) is 19.3 Å². The normalized spacial score (nSPS) is 14.2. The third kappa shape index (κ3) is 4.56. The lowest BCUT2D eigenvalue weighted by atomic mass is 9.98. The van der Waals surface area contributed by atoms with Gasteiger partial charge in [0.05, 0.1) is 29.9 Å². The van der Waals surface area contributed by atoms with Crippen molar-refractivity contribution in [3.8, 4) is 28.4 Å². The first-order valence-electron chi connectivity index (χ1n) is 11.0. The Labute approximate surface area is 191 Å². The van der Waals surface area contributed by atoms with E-state index in [1.807, 2.05) is 30.3 Å². The van der Waals surface area contributed by atoms with Gasteiger partial charge in [0.15, 0.2) is 0 Å². The van der Waals surface area contributed by atoms with Crippen molar-refractivity contribution >= 4 is 11.6 Å². The fraction of sp³-hybridized carbons (Fsp3) is 0.240. The number of aromatic amines is 1. The van der Waals surface area contributed by atoms with Gasteiger partial charge >= 0.3 is 0 Å². The zero-order valence-electron chi connectivity index (χ0n) is 18.3. The number of imidazole rings is 1. The number of halogens is 1. The van der Waals surface area contributed by atoms with E-state index in [0.29, 0.717) is 23.3 Å². The summed E-state index contributed by atoms with van der Waals surface area (Å²) in [6.07, 6.45) is 3.74. The molecule has 5 rings (SSSR count). The van der Waals surface area contributed by atoms with Crippen molar-refractivity contribution in [2.75, 3.05) is 25.5 Å². The van der Waals surface area contributed by atoms with Crippen molar-refractivity contribution in [2.45, 2.75) is 18.8 Å². The van der Waals surface area contributed by atoms with Gasteiger partial charge in [0.2, 0.25) is 5.95 Å². The Balaban J connectivity index is 1.54. The first kappa shape index (κ1) is 21.1. The van der Waals surface area contributed by atoms with Crippen LogP contribution in [-0.2, 0) is 0 Å². The van der Waals surface area contributed by atoms with Crippen LogP contribution >= 0.6 is 0 Å². The van der Waals surface area contributed by atoms with E-state index in [-0.39, 0.29) is 5.82 Å². The van der Waals surface area contributed by atoms with Crippen molar-refractivity contribution in [1.29, 1.82) is 0 Å². The first-order chi connectivity index (χ1) is 16.2. The molecule has 0 aliphatic carbocycles. The highest BCUT2D eigenvalue weighted by Crippen LogP contribution is 2.34. The van der Waals surface area contributed by atoms with E-state index in [1.165, 1.54) is 12.1 Å². The van der Waals surface area contributed by atoms with Crippen molar-refractivity contribution in [3.05, 3.63) is 72.4 Å². The minimum absolute atomic E-state index is 0.278. The number of hydrogen-bond acceptors (Lipinski definition) is 6. The van der Waals surface area contributed by atoms with Gasteiger partial charge in [-0.15, -0.1) is 0 Å². The maximum absolute atomic E-state index is 13.6. The van der Waals surface area contributed by atoms with Gasteiger partial charge in [-0.3, -0.25) is 0 Å². The lowest BCUT2D eigenvalue weighted by molar-refractivity contribution is 0.417. The predicted octanol–water partition coefficient (Wildman–Crippen LogP) is 4.89. The molecule has 1 aliphatic heterocycles. The largest absolute Gasteiger partial charge is 0.495 e. The second-order valence-electron chi connectivity index (χ2n) is 7.97. The molecule has 1 saturated heterocycles. The molecule has 1 fully saturated rings. The maximum atomic E-state index is 13.6. The molecular formula is C25H25FN6O. The highest BCUT2D eigenvalue weighted by Gasteiger charge is 2.23. The summed E-state index contributed by atoms with van der Waals surface area (Å²) < 4.78 is 19.0. The first-order valence-corrected chi connectivity index (χ1v) is 11.0. The Morgan fingerprint density at radius 3 is 2.58 bits per heavy atom. The predicted molar refractivity (Wildman–Crippen MR) is 126 cm³/mol. The SMILES string of the molecule is COc1ccccc1Nc1nccc(-c2[nH]c(C3CCNCC3)nc2-c2ccc(F)cc2)n1. The Hall–Kier alpha value is -3.78. The zero-order chi connectivity index (χ0) is 22.6. The fourth-order valence-electron chi connectivity index (χ4n) is 4.11. The van der Waals surface area contributed by atoms with E-state index < -0.39 is 0 Å². The molecule has 2 aromatic heterocycles. The van der Waals surface area contributed by atoms with Crippen LogP contribution in [0.5, 0.6) is 5.75 Å². The number of aromatic nitrogens is 4. The lowest BCUT2D eigenvalue weighted by Crippen LogP contribution is -2.27. The van der Waals surface area contributed by atoms with E-state index in [0.717, 1.165) is 54.4 Å². The van der Waals surface area contributed by atoms with Crippen LogP contribution in [0.3, 0.4) is 0 Å². The molecule has 4 aromatic rings. The quantitative estimate of drug-likeness (QED) is 0.392. The van der Waals surface area contributed by atoms with Crippen molar-refractivity contribution < 1.29 is 9.13 Å². The van der Waals surface area contributed by atoms with E-state index in [4.69, 9.17) is 14.7 Å². The number of anilines is 2. The van der Waals surface area contributed by atoms with Gasteiger partial charge in [-0.1, -0.05) is 12.1 Å². The number of benzene rings is 2. The minimum atomic E-state index is -0.278. The summed E-state index contributed by atoms with van der Waals surface area (Å²) in [6.45, 7) is 1.93. The standard InChI is InChI=1S/C25H25FN6O/c1-33-21-5-3-2-4-19(21)29-25-28-15-12-20(30-25)23-22(16-6-8-18(26)9-7-16)31-24(32-23)17-10-13-27-14-11-17/h2-9,12,15,17,27H,10-11,13-14H2,1H3,(H,31,32)(H,28,29,30). The van der Waals surface area contributed by atoms with Gasteiger partial charge in [0.25, 0.3) is 0 Å². The topological polar surface area (TPSA) is 87.8 Å². The molecular weight excluding hydrogens is 419 g/mol. The summed E-state index contributed by atoms with van der Waals surface area (Å²) in [4.78, 5) is 17.6. The number of ether oxygens (including phenoxy) is 1. The summed E-state index contributed by atoms with van der Waals surface area (Å²) in [6, 6.07) is 15.8. The number of hydrogen-bond donors (Lipinski definition) is 3. The highest BCUT2D eigenvalue weighted by atomic mass is 19.1. The molecule has 0 spiro atoms. The summed E-state index contributed by atoms with van der Waals surface area (Å²) in [7, 11) is 1.62. The Morgan fingerprint density at radius 1 is 1.00 bits per heavy atom. The second kappa shape index (κ2) is 9.38. The second-order valence-corrected chi connectivity index (χ2v) is 7.97. The third-order valence-corrected chi connectivity index (χ3v) is 5.83. The van der Waals surface area contributed by atoms with E-state index in [9.17, 15) is 4.39 Å². The van der Waals surface area contributed by atoms with E-state index in [1.54, 1.807) is 25.4 Å². The van der Waals surface area contributed by atoms with Crippen molar-refractivity contribution in [2.24, 2.45) is 0 Å². The number of piperidine rings is 1. The third-order valence-electron chi connectivity index (χ3n) is 5.83. The summed E-state index contributed by atoms with van der Waals surface area (Å²) >= 11 is 0. The average Bonchev–Trinajstić information content (AvgIpc) is 3.31. The number of methoxy groups -OCH3 is 1. The zero-order valence-corrected chi connectivity index (χ0v) is 18.3. The van der Waals surface area contributed by atoms with Crippen molar-refractivity contribution in [3.63, 3.8) is 0 Å². The molecule has 2 aromatic carbocycles. The van der Waals surface area contributed by atoms with Gasteiger partial charge in [-0.05, 0) is 68.4 Å². The summed E-state index contributed by atoms with van der Waals surface area (Å²) in [5.74, 6) is 2.14. The molecule has 0 radical (unpaired) electrons. The van der Waals surface area contributed by atoms with Crippen LogP contribution in [0.25, 0.3) is 22.6 Å². The number of nitrogens with zero attached hydrogens (tertiary/aromatic N) is 3. The van der Waals surface area contributed by atoms with Crippen LogP contribution in [0.1, 0.15) is 24.6 Å². The molecule has 0 saturated carbocycles. The Morgan fingerprint density at radius 2 is 1.79 bits per heavy atom. The summed E-state index contributed by atoms with van der Waals surface area (Å²) in [5, 5.41) is 6.62. The molecule has 8 heteroatoms. The molecule has 33 heavy (non-hydrogen) atoms. The van der Waals surface area contributed by atoms with Crippen LogP contribution in [0.15, 0.2) is 60.8 Å². The minimum Gasteiger partial charge on any atom is -0.495 e. The van der Waals surface area contributed by atoms with Crippen LogP contribution < -0.4 is 15.4 Å².